The summed E-state index contributed by atoms with van der Waals surface area (Å²) in [6, 6.07) is 12.7. The molecule has 3 aromatic rings. The highest BCUT2D eigenvalue weighted by Crippen LogP contribution is 2.24. The van der Waals surface area contributed by atoms with Gasteiger partial charge in [0.2, 0.25) is 0 Å². The number of hydrogen-bond acceptors (Lipinski definition) is 3. The average Bonchev–Trinajstić information content (AvgIpc) is 3.13. The van der Waals surface area contributed by atoms with Crippen molar-refractivity contribution < 1.29 is 0 Å². The van der Waals surface area contributed by atoms with Gasteiger partial charge in [0.25, 0.3) is 0 Å². The van der Waals surface area contributed by atoms with Crippen LogP contribution in [-0.2, 0) is 25.8 Å². The van der Waals surface area contributed by atoms with Crippen molar-refractivity contribution in [3.05, 3.63) is 65.2 Å². The molecule has 0 saturated heterocycles. The van der Waals surface area contributed by atoms with E-state index in [1.54, 1.807) is 11.8 Å². The molecule has 2 heterocycles. The van der Waals surface area contributed by atoms with E-state index >= 15 is 0 Å². The molecule has 2 aromatic heterocycles. The third-order valence-electron chi connectivity index (χ3n) is 4.12. The largest absolute Gasteiger partial charge is 0.354 e. The molecule has 0 radical (unpaired) electrons. The lowest BCUT2D eigenvalue weighted by Crippen LogP contribution is -2.06. The van der Waals surface area contributed by atoms with Gasteiger partial charge in [-0.2, -0.15) is 0 Å². The highest BCUT2D eigenvalue weighted by atomic mass is 32.2. The number of aryl methyl sites for hydroxylation is 2. The maximum Gasteiger partial charge on any atom is 0.191 e. The molecule has 0 aliphatic carbocycles. The molecule has 0 N–H and O–H groups in total. The Hall–Kier alpha value is -2.01. The van der Waals surface area contributed by atoms with Gasteiger partial charge in [-0.3, -0.25) is 0 Å². The quantitative estimate of drug-likeness (QED) is 0.646. The van der Waals surface area contributed by atoms with Crippen molar-refractivity contribution in [3.8, 4) is 0 Å². The molecule has 0 aliphatic rings. The normalized spacial score (nSPS) is 11.1. The first kappa shape index (κ1) is 15.9. The molecule has 1 aromatic carbocycles. The molecule has 0 saturated carbocycles. The van der Waals surface area contributed by atoms with E-state index in [1.165, 1.54) is 16.8 Å². The molecule has 0 spiro atoms. The third-order valence-corrected chi connectivity index (χ3v) is 5.13. The van der Waals surface area contributed by atoms with E-state index < -0.39 is 0 Å². The van der Waals surface area contributed by atoms with Gasteiger partial charge in [-0.1, -0.05) is 36.0 Å². The molecule has 5 heteroatoms. The lowest BCUT2D eigenvalue weighted by Gasteiger charge is -2.09. The van der Waals surface area contributed by atoms with Gasteiger partial charge in [0.15, 0.2) is 5.16 Å². The summed E-state index contributed by atoms with van der Waals surface area (Å²) in [6.45, 7) is 5.19. The molecule has 0 aliphatic heterocycles. The van der Waals surface area contributed by atoms with Crippen LogP contribution in [0.4, 0.5) is 0 Å². The second kappa shape index (κ2) is 7.04. The van der Waals surface area contributed by atoms with Crippen molar-refractivity contribution in [2.24, 2.45) is 7.05 Å². The Morgan fingerprint density at radius 2 is 1.91 bits per heavy atom. The highest BCUT2D eigenvalue weighted by Gasteiger charge is 2.13. The maximum atomic E-state index is 4.42. The Morgan fingerprint density at radius 3 is 2.61 bits per heavy atom. The minimum absolute atomic E-state index is 0.815. The van der Waals surface area contributed by atoms with E-state index in [0.29, 0.717) is 0 Å². The molecule has 0 bridgehead atoms. The van der Waals surface area contributed by atoms with Gasteiger partial charge in [0, 0.05) is 37.7 Å². The van der Waals surface area contributed by atoms with Gasteiger partial charge >= 0.3 is 0 Å². The van der Waals surface area contributed by atoms with Gasteiger partial charge in [-0.15, -0.1) is 10.2 Å². The molecule has 3 rings (SSSR count). The topological polar surface area (TPSA) is 35.6 Å². The van der Waals surface area contributed by atoms with Crippen LogP contribution in [0.25, 0.3) is 0 Å². The summed E-state index contributed by atoms with van der Waals surface area (Å²) in [5.41, 5.74) is 3.93. The van der Waals surface area contributed by atoms with Crippen molar-refractivity contribution in [1.82, 2.24) is 19.3 Å². The fourth-order valence-corrected chi connectivity index (χ4v) is 3.73. The summed E-state index contributed by atoms with van der Waals surface area (Å²) in [4.78, 5) is 0. The second-order valence-electron chi connectivity index (χ2n) is 5.65. The summed E-state index contributed by atoms with van der Waals surface area (Å²) in [5.74, 6) is 1.95. The first-order valence-corrected chi connectivity index (χ1v) is 8.87. The molecular formula is C18H22N4S. The highest BCUT2D eigenvalue weighted by molar-refractivity contribution is 7.98. The fourth-order valence-electron chi connectivity index (χ4n) is 2.63. The van der Waals surface area contributed by atoms with E-state index in [1.807, 2.05) is 0 Å². The van der Waals surface area contributed by atoms with E-state index in [0.717, 1.165) is 29.7 Å². The van der Waals surface area contributed by atoms with E-state index in [4.69, 9.17) is 0 Å². The van der Waals surface area contributed by atoms with Crippen molar-refractivity contribution >= 4 is 11.8 Å². The van der Waals surface area contributed by atoms with Crippen LogP contribution in [0.1, 0.15) is 29.6 Å². The summed E-state index contributed by atoms with van der Waals surface area (Å²) < 4.78 is 4.35. The lowest BCUT2D eigenvalue weighted by atomic mass is 10.1. The van der Waals surface area contributed by atoms with Gasteiger partial charge in [0.05, 0.1) is 0 Å². The molecule has 23 heavy (non-hydrogen) atoms. The molecule has 0 unspecified atom stereocenters. The van der Waals surface area contributed by atoms with Gasteiger partial charge in [-0.25, -0.2) is 0 Å². The van der Waals surface area contributed by atoms with E-state index in [2.05, 4.69) is 82.8 Å². The van der Waals surface area contributed by atoms with Crippen LogP contribution in [0, 0.1) is 6.92 Å². The van der Waals surface area contributed by atoms with Crippen LogP contribution in [-0.4, -0.2) is 19.3 Å². The summed E-state index contributed by atoms with van der Waals surface area (Å²) in [5, 5.41) is 9.83. The monoisotopic (exact) mass is 326 g/mol. The van der Waals surface area contributed by atoms with Gasteiger partial charge in [-0.05, 0) is 37.1 Å². The SMILES string of the molecule is CCn1c(Cc2cccn2C)nnc1SCc1ccccc1C. The second-order valence-corrected chi connectivity index (χ2v) is 6.59. The van der Waals surface area contributed by atoms with Gasteiger partial charge < -0.3 is 9.13 Å². The first-order valence-electron chi connectivity index (χ1n) is 7.88. The lowest BCUT2D eigenvalue weighted by molar-refractivity contribution is 0.645. The Bertz CT molecular complexity index is 788. The molecule has 0 amide bonds. The minimum Gasteiger partial charge on any atom is -0.354 e. The number of rotatable bonds is 6. The molecule has 120 valence electrons. The molecule has 0 fully saturated rings. The third kappa shape index (κ3) is 3.50. The standard InChI is InChI=1S/C18H22N4S/c1-4-22-17(12-16-10-7-11-21(16)3)19-20-18(22)23-13-15-9-6-5-8-14(15)2/h5-11H,4,12-13H2,1-3H3. The van der Waals surface area contributed by atoms with Crippen molar-refractivity contribution in [2.45, 2.75) is 37.7 Å². The van der Waals surface area contributed by atoms with Gasteiger partial charge in [0.1, 0.15) is 5.82 Å². The fraction of sp³-hybridized carbons (Fsp3) is 0.333. The zero-order chi connectivity index (χ0) is 16.2. The van der Waals surface area contributed by atoms with Crippen LogP contribution in [0.2, 0.25) is 0 Å². The van der Waals surface area contributed by atoms with E-state index in [-0.39, 0.29) is 0 Å². The van der Waals surface area contributed by atoms with Crippen LogP contribution < -0.4 is 0 Å². The van der Waals surface area contributed by atoms with Crippen LogP contribution in [0.3, 0.4) is 0 Å². The average molecular weight is 326 g/mol. The Morgan fingerprint density at radius 1 is 1.09 bits per heavy atom. The minimum atomic E-state index is 0.815. The Kier molecular flexibility index (Phi) is 4.86. The Balaban J connectivity index is 1.76. The van der Waals surface area contributed by atoms with Crippen LogP contribution in [0.15, 0.2) is 47.8 Å². The summed E-state index contributed by atoms with van der Waals surface area (Å²) in [7, 11) is 2.07. The first-order chi connectivity index (χ1) is 11.2. The number of thioether (sulfide) groups is 1. The maximum absolute atomic E-state index is 4.42. The predicted molar refractivity (Wildman–Crippen MR) is 94.7 cm³/mol. The molecular weight excluding hydrogens is 304 g/mol. The number of nitrogens with zero attached hydrogens (tertiary/aromatic N) is 4. The zero-order valence-corrected chi connectivity index (χ0v) is 14.7. The predicted octanol–water partition coefficient (Wildman–Crippen LogP) is 3.83. The Labute approximate surface area is 141 Å². The zero-order valence-electron chi connectivity index (χ0n) is 13.9. The number of hydrogen-bond donors (Lipinski definition) is 0. The van der Waals surface area contributed by atoms with Crippen molar-refractivity contribution in [3.63, 3.8) is 0 Å². The van der Waals surface area contributed by atoms with Crippen molar-refractivity contribution in [1.29, 1.82) is 0 Å². The smallest absolute Gasteiger partial charge is 0.191 e. The van der Waals surface area contributed by atoms with Crippen LogP contribution in [0.5, 0.6) is 0 Å². The number of aromatic nitrogens is 4. The van der Waals surface area contributed by atoms with E-state index in [9.17, 15) is 0 Å². The van der Waals surface area contributed by atoms with Crippen molar-refractivity contribution in [2.75, 3.05) is 0 Å². The molecule has 0 atom stereocenters. The summed E-state index contributed by atoms with van der Waals surface area (Å²) >= 11 is 1.76. The molecule has 4 nitrogen and oxygen atoms in total. The summed E-state index contributed by atoms with van der Waals surface area (Å²) in [6.07, 6.45) is 2.88. The van der Waals surface area contributed by atoms with Crippen LogP contribution >= 0.6 is 11.8 Å². The number of benzene rings is 1.